The van der Waals surface area contributed by atoms with E-state index in [1.165, 1.54) is 55.3 Å². The second-order valence-electron chi connectivity index (χ2n) is 5.02. The molecule has 0 aliphatic heterocycles. The molecule has 2 N–H and O–H groups in total. The van der Waals surface area contributed by atoms with Gasteiger partial charge in [-0.1, -0.05) is 12.1 Å². The maximum atomic E-state index is 5.34. The van der Waals surface area contributed by atoms with Gasteiger partial charge < -0.3 is 10.6 Å². The second kappa shape index (κ2) is 4.65. The number of thiocarbonyl (C=S) groups is 1. The van der Waals surface area contributed by atoms with E-state index >= 15 is 0 Å². The van der Waals surface area contributed by atoms with Crippen LogP contribution in [-0.2, 0) is 12.8 Å². The lowest BCUT2D eigenvalue weighted by atomic mass is 9.90. The molecule has 1 aromatic carbocycles. The predicted molar refractivity (Wildman–Crippen MR) is 75.5 cm³/mol. The number of rotatable bonds is 2. The third-order valence-corrected chi connectivity index (χ3v) is 3.78. The van der Waals surface area contributed by atoms with Crippen LogP contribution in [-0.4, -0.2) is 11.2 Å². The van der Waals surface area contributed by atoms with E-state index in [9.17, 15) is 0 Å². The van der Waals surface area contributed by atoms with E-state index in [-0.39, 0.29) is 0 Å². The van der Waals surface area contributed by atoms with Gasteiger partial charge in [-0.2, -0.15) is 0 Å². The van der Waals surface area contributed by atoms with Crippen molar-refractivity contribution >= 4 is 23.0 Å². The van der Waals surface area contributed by atoms with Gasteiger partial charge in [-0.25, -0.2) is 0 Å². The Labute approximate surface area is 108 Å². The molecule has 0 aromatic heterocycles. The minimum absolute atomic E-state index is 0.620. The summed E-state index contributed by atoms with van der Waals surface area (Å²) in [5, 5.41) is 7.47. The minimum atomic E-state index is 0.620. The van der Waals surface area contributed by atoms with Crippen LogP contribution in [0, 0.1) is 0 Å². The van der Waals surface area contributed by atoms with Crippen LogP contribution in [0.25, 0.3) is 0 Å². The van der Waals surface area contributed by atoms with Gasteiger partial charge >= 0.3 is 0 Å². The lowest BCUT2D eigenvalue weighted by Gasteiger charge is -2.20. The topological polar surface area (TPSA) is 24.1 Å². The van der Waals surface area contributed by atoms with Gasteiger partial charge in [0.25, 0.3) is 0 Å². The normalized spacial score (nSPS) is 18.4. The summed E-state index contributed by atoms with van der Waals surface area (Å²) in [5.74, 6) is 0. The Balaban J connectivity index is 1.75. The van der Waals surface area contributed by atoms with Gasteiger partial charge in [0.15, 0.2) is 5.11 Å². The zero-order chi connectivity index (χ0) is 11.7. The minimum Gasteiger partial charge on any atom is -0.360 e. The molecule has 0 saturated heterocycles. The first-order valence-corrected chi connectivity index (χ1v) is 6.92. The maximum Gasteiger partial charge on any atom is 0.171 e. The van der Waals surface area contributed by atoms with Crippen LogP contribution in [0.3, 0.4) is 0 Å². The molecule has 90 valence electrons. The van der Waals surface area contributed by atoms with Crippen molar-refractivity contribution in [3.8, 4) is 0 Å². The molecule has 1 aromatic rings. The number of aryl methyl sites for hydroxylation is 1. The SMILES string of the molecule is S=C(Nc1cccc2c1CCCC2)NC1CC1. The van der Waals surface area contributed by atoms with E-state index in [1.807, 2.05) is 0 Å². The molecule has 17 heavy (non-hydrogen) atoms. The molecule has 0 amide bonds. The Hall–Kier alpha value is -1.09. The van der Waals surface area contributed by atoms with E-state index in [0.717, 1.165) is 5.11 Å². The highest BCUT2D eigenvalue weighted by Crippen LogP contribution is 2.28. The molecule has 2 aliphatic rings. The summed E-state index contributed by atoms with van der Waals surface area (Å²) >= 11 is 5.34. The molecule has 0 bridgehead atoms. The van der Waals surface area contributed by atoms with Crippen LogP contribution < -0.4 is 10.6 Å². The van der Waals surface area contributed by atoms with Gasteiger partial charge in [0.2, 0.25) is 0 Å². The van der Waals surface area contributed by atoms with Gasteiger partial charge in [-0.3, -0.25) is 0 Å². The van der Waals surface area contributed by atoms with E-state index in [2.05, 4.69) is 28.8 Å². The van der Waals surface area contributed by atoms with Crippen LogP contribution in [0.1, 0.15) is 36.8 Å². The van der Waals surface area contributed by atoms with Gasteiger partial charge in [-0.15, -0.1) is 0 Å². The van der Waals surface area contributed by atoms with Crippen LogP contribution in [0.15, 0.2) is 18.2 Å². The highest BCUT2D eigenvalue weighted by molar-refractivity contribution is 7.80. The van der Waals surface area contributed by atoms with Crippen molar-refractivity contribution in [2.75, 3.05) is 5.32 Å². The average Bonchev–Trinajstić information content (AvgIpc) is 3.13. The largest absolute Gasteiger partial charge is 0.360 e. The molecule has 3 heteroatoms. The lowest BCUT2D eigenvalue weighted by molar-refractivity contribution is 0.687. The zero-order valence-corrected chi connectivity index (χ0v) is 10.8. The fourth-order valence-electron chi connectivity index (χ4n) is 2.47. The third-order valence-electron chi connectivity index (χ3n) is 3.56. The Morgan fingerprint density at radius 3 is 2.82 bits per heavy atom. The third kappa shape index (κ3) is 2.60. The van der Waals surface area contributed by atoms with Crippen LogP contribution in [0.2, 0.25) is 0 Å². The van der Waals surface area contributed by atoms with Gasteiger partial charge in [0.05, 0.1) is 0 Å². The van der Waals surface area contributed by atoms with E-state index in [0.29, 0.717) is 6.04 Å². The quantitative estimate of drug-likeness (QED) is 0.784. The van der Waals surface area contributed by atoms with Crippen molar-refractivity contribution in [2.24, 2.45) is 0 Å². The Kier molecular flexibility index (Phi) is 3.02. The monoisotopic (exact) mass is 246 g/mol. The molecule has 2 nitrogen and oxygen atoms in total. The molecule has 0 heterocycles. The van der Waals surface area contributed by atoms with E-state index in [1.54, 1.807) is 0 Å². The fraction of sp³-hybridized carbons (Fsp3) is 0.500. The maximum absolute atomic E-state index is 5.34. The van der Waals surface area contributed by atoms with Crippen molar-refractivity contribution in [3.05, 3.63) is 29.3 Å². The molecular formula is C14H18N2S. The molecule has 0 unspecified atom stereocenters. The van der Waals surface area contributed by atoms with Crippen molar-refractivity contribution < 1.29 is 0 Å². The molecule has 1 saturated carbocycles. The molecule has 2 aliphatic carbocycles. The van der Waals surface area contributed by atoms with Crippen molar-refractivity contribution in [3.63, 3.8) is 0 Å². The molecular weight excluding hydrogens is 228 g/mol. The number of hydrogen-bond donors (Lipinski definition) is 2. The first kappa shape index (κ1) is 11.0. The summed E-state index contributed by atoms with van der Waals surface area (Å²) in [6.45, 7) is 0. The van der Waals surface area contributed by atoms with Gasteiger partial charge in [-0.05, 0) is 67.9 Å². The van der Waals surface area contributed by atoms with E-state index < -0.39 is 0 Å². The lowest BCUT2D eigenvalue weighted by Crippen LogP contribution is -2.30. The summed E-state index contributed by atoms with van der Waals surface area (Å²) in [7, 11) is 0. The highest BCUT2D eigenvalue weighted by atomic mass is 32.1. The summed E-state index contributed by atoms with van der Waals surface area (Å²) in [6, 6.07) is 7.14. The number of nitrogens with one attached hydrogen (secondary N) is 2. The summed E-state index contributed by atoms with van der Waals surface area (Å²) < 4.78 is 0. The van der Waals surface area contributed by atoms with Crippen LogP contribution in [0.5, 0.6) is 0 Å². The van der Waals surface area contributed by atoms with Crippen molar-refractivity contribution in [2.45, 2.75) is 44.6 Å². The van der Waals surface area contributed by atoms with Crippen LogP contribution >= 0.6 is 12.2 Å². The number of benzene rings is 1. The summed E-state index contributed by atoms with van der Waals surface area (Å²) in [6.07, 6.45) is 7.54. The molecule has 0 atom stereocenters. The average molecular weight is 246 g/mol. The van der Waals surface area contributed by atoms with Gasteiger partial charge in [0.1, 0.15) is 0 Å². The number of hydrogen-bond acceptors (Lipinski definition) is 1. The zero-order valence-electron chi connectivity index (χ0n) is 9.96. The Bertz CT molecular complexity index is 438. The number of anilines is 1. The predicted octanol–water partition coefficient (Wildman–Crippen LogP) is 3.01. The van der Waals surface area contributed by atoms with Crippen LogP contribution in [0.4, 0.5) is 5.69 Å². The summed E-state index contributed by atoms with van der Waals surface area (Å²) in [5.41, 5.74) is 4.18. The van der Waals surface area contributed by atoms with Gasteiger partial charge in [0, 0.05) is 11.7 Å². The van der Waals surface area contributed by atoms with Crippen molar-refractivity contribution in [1.29, 1.82) is 0 Å². The fourth-order valence-corrected chi connectivity index (χ4v) is 2.75. The molecule has 3 rings (SSSR count). The Morgan fingerprint density at radius 1 is 1.18 bits per heavy atom. The molecule has 1 fully saturated rings. The van der Waals surface area contributed by atoms with Crippen molar-refractivity contribution in [1.82, 2.24) is 5.32 Å². The molecule has 0 radical (unpaired) electrons. The highest BCUT2D eigenvalue weighted by Gasteiger charge is 2.22. The first-order chi connectivity index (χ1) is 8.33. The van der Waals surface area contributed by atoms with E-state index in [4.69, 9.17) is 12.2 Å². The Morgan fingerprint density at radius 2 is 2.00 bits per heavy atom. The second-order valence-corrected chi connectivity index (χ2v) is 5.43. The molecule has 0 spiro atoms. The first-order valence-electron chi connectivity index (χ1n) is 6.51. The smallest absolute Gasteiger partial charge is 0.171 e. The number of fused-ring (bicyclic) bond motifs is 1. The summed E-state index contributed by atoms with van der Waals surface area (Å²) in [4.78, 5) is 0. The standard InChI is InChI=1S/C14H18N2S/c17-14(15-11-8-9-11)16-13-7-3-5-10-4-1-2-6-12(10)13/h3,5,7,11H,1-2,4,6,8-9H2,(H2,15,16,17).